The Labute approximate surface area is 181 Å². The minimum absolute atomic E-state index is 0.244. The first-order valence-electron chi connectivity index (χ1n) is 10.00. The van der Waals surface area contributed by atoms with E-state index in [0.717, 1.165) is 16.8 Å². The number of methoxy groups -OCH3 is 1. The zero-order valence-electron chi connectivity index (χ0n) is 17.5. The third-order valence-corrected chi connectivity index (χ3v) is 4.97. The van der Waals surface area contributed by atoms with E-state index in [2.05, 4.69) is 5.43 Å². The van der Waals surface area contributed by atoms with E-state index < -0.39 is 0 Å². The molecule has 3 aromatic carbocycles. The van der Waals surface area contributed by atoms with Gasteiger partial charge in [0.1, 0.15) is 11.4 Å². The molecule has 0 unspecified atom stereocenters. The van der Waals surface area contributed by atoms with Gasteiger partial charge in [-0.3, -0.25) is 19.9 Å². The average Bonchev–Trinajstić information content (AvgIpc) is 3.24. The zero-order valence-corrected chi connectivity index (χ0v) is 17.5. The molecule has 1 amide bonds. The van der Waals surface area contributed by atoms with Gasteiger partial charge in [0.05, 0.1) is 24.9 Å². The maximum absolute atomic E-state index is 13.2. The van der Waals surface area contributed by atoms with E-state index in [0.29, 0.717) is 23.6 Å². The van der Waals surface area contributed by atoms with E-state index in [1.54, 1.807) is 23.0 Å². The van der Waals surface area contributed by atoms with Gasteiger partial charge >= 0.3 is 0 Å². The van der Waals surface area contributed by atoms with E-state index in [1.807, 2.05) is 92.0 Å². The van der Waals surface area contributed by atoms with Gasteiger partial charge in [-0.2, -0.15) is 5.10 Å². The maximum Gasteiger partial charge on any atom is 0.273 e. The van der Waals surface area contributed by atoms with Gasteiger partial charge in [0.15, 0.2) is 0 Å². The Bertz CT molecular complexity index is 1160. The van der Waals surface area contributed by atoms with Gasteiger partial charge in [0.2, 0.25) is 0 Å². The standard InChI is InChI=1S/C25H24N4O2/c1-28(20-13-7-4-8-14-20)27-25(30)22-18-29(17-19-11-5-3-6-12-19)26-24(22)21-15-9-10-16-23(21)31-2/h3-16,18H,17H2,1-2H3,(H,27,30). The molecule has 0 spiro atoms. The lowest BCUT2D eigenvalue weighted by Gasteiger charge is -2.20. The number of carbonyl (C=O) groups is 1. The fourth-order valence-electron chi connectivity index (χ4n) is 3.41. The van der Waals surface area contributed by atoms with Crippen LogP contribution in [0.5, 0.6) is 5.75 Å². The summed E-state index contributed by atoms with van der Waals surface area (Å²) < 4.78 is 7.31. The summed E-state index contributed by atoms with van der Waals surface area (Å²) in [6, 6.07) is 27.3. The van der Waals surface area contributed by atoms with Crippen LogP contribution < -0.4 is 15.2 Å². The summed E-state index contributed by atoms with van der Waals surface area (Å²) in [7, 11) is 3.42. The number of para-hydroxylation sites is 2. The Morgan fingerprint density at radius 2 is 1.61 bits per heavy atom. The lowest BCUT2D eigenvalue weighted by Crippen LogP contribution is -2.39. The predicted octanol–water partition coefficient (Wildman–Crippen LogP) is 4.39. The minimum atomic E-state index is -0.244. The van der Waals surface area contributed by atoms with Crippen LogP contribution >= 0.6 is 0 Å². The zero-order chi connectivity index (χ0) is 21.6. The number of benzene rings is 3. The second-order valence-electron chi connectivity index (χ2n) is 7.11. The molecule has 4 rings (SSSR count). The van der Waals surface area contributed by atoms with E-state index in [9.17, 15) is 4.79 Å². The summed E-state index contributed by atoms with van der Waals surface area (Å²) in [5, 5.41) is 6.44. The molecule has 6 nitrogen and oxygen atoms in total. The average molecular weight is 412 g/mol. The number of hydrazine groups is 1. The summed E-state index contributed by atoms with van der Waals surface area (Å²) in [5.74, 6) is 0.421. The summed E-state index contributed by atoms with van der Waals surface area (Å²) in [6.45, 7) is 0.560. The molecule has 1 aromatic heterocycles. The Kier molecular flexibility index (Phi) is 5.98. The van der Waals surface area contributed by atoms with Crippen LogP contribution in [0.1, 0.15) is 15.9 Å². The molecular formula is C25H24N4O2. The Morgan fingerprint density at radius 1 is 0.968 bits per heavy atom. The fraction of sp³-hybridized carbons (Fsp3) is 0.120. The summed E-state index contributed by atoms with van der Waals surface area (Å²) >= 11 is 0. The first-order valence-corrected chi connectivity index (χ1v) is 10.00. The van der Waals surface area contributed by atoms with Crippen molar-refractivity contribution in [1.29, 1.82) is 0 Å². The number of nitrogens with one attached hydrogen (secondary N) is 1. The van der Waals surface area contributed by atoms with Crippen LogP contribution in [-0.2, 0) is 6.54 Å². The smallest absolute Gasteiger partial charge is 0.273 e. The van der Waals surface area contributed by atoms with Crippen molar-refractivity contribution in [3.8, 4) is 17.0 Å². The number of anilines is 1. The van der Waals surface area contributed by atoms with Gasteiger partial charge < -0.3 is 4.74 Å². The van der Waals surface area contributed by atoms with Crippen LogP contribution in [0.4, 0.5) is 5.69 Å². The molecule has 0 saturated heterocycles. The highest BCUT2D eigenvalue weighted by Gasteiger charge is 2.21. The molecule has 31 heavy (non-hydrogen) atoms. The Morgan fingerprint density at radius 3 is 2.32 bits per heavy atom. The van der Waals surface area contributed by atoms with Gasteiger partial charge in [-0.15, -0.1) is 0 Å². The molecule has 0 fully saturated rings. The molecule has 0 saturated carbocycles. The van der Waals surface area contributed by atoms with Crippen LogP contribution in [0.3, 0.4) is 0 Å². The van der Waals surface area contributed by atoms with E-state index in [1.165, 1.54) is 0 Å². The summed E-state index contributed by atoms with van der Waals surface area (Å²) in [6.07, 6.45) is 1.78. The number of amides is 1. The van der Waals surface area contributed by atoms with Gasteiger partial charge in [-0.05, 0) is 29.8 Å². The quantitative estimate of drug-likeness (QED) is 0.458. The first kappa shape index (κ1) is 20.2. The Balaban J connectivity index is 1.70. The highest BCUT2D eigenvalue weighted by molar-refractivity contribution is 6.01. The first-order chi connectivity index (χ1) is 15.2. The molecule has 6 heteroatoms. The van der Waals surface area contributed by atoms with Crippen LogP contribution in [-0.4, -0.2) is 29.8 Å². The second-order valence-corrected chi connectivity index (χ2v) is 7.11. The SMILES string of the molecule is COc1ccccc1-c1nn(Cc2ccccc2)cc1C(=O)NN(C)c1ccccc1. The van der Waals surface area contributed by atoms with Gasteiger partial charge in [-0.25, -0.2) is 0 Å². The number of ether oxygens (including phenoxy) is 1. The maximum atomic E-state index is 13.2. The lowest BCUT2D eigenvalue weighted by atomic mass is 10.1. The van der Waals surface area contributed by atoms with Gasteiger partial charge in [-0.1, -0.05) is 60.7 Å². The lowest BCUT2D eigenvalue weighted by molar-refractivity contribution is 0.0952. The topological polar surface area (TPSA) is 59.4 Å². The third-order valence-electron chi connectivity index (χ3n) is 4.97. The molecule has 0 bridgehead atoms. The molecule has 1 heterocycles. The number of rotatable bonds is 7. The van der Waals surface area contributed by atoms with Crippen LogP contribution in [0.25, 0.3) is 11.3 Å². The summed E-state index contributed by atoms with van der Waals surface area (Å²) in [4.78, 5) is 13.2. The number of hydrogen-bond acceptors (Lipinski definition) is 4. The molecule has 156 valence electrons. The molecule has 0 atom stereocenters. The predicted molar refractivity (Wildman–Crippen MR) is 122 cm³/mol. The minimum Gasteiger partial charge on any atom is -0.496 e. The second kappa shape index (κ2) is 9.17. The van der Waals surface area contributed by atoms with Crippen molar-refractivity contribution in [3.05, 3.63) is 102 Å². The molecule has 0 aliphatic carbocycles. The normalized spacial score (nSPS) is 10.5. The largest absolute Gasteiger partial charge is 0.496 e. The number of aromatic nitrogens is 2. The molecular weight excluding hydrogens is 388 g/mol. The van der Waals surface area contributed by atoms with Crippen molar-refractivity contribution in [2.45, 2.75) is 6.54 Å². The van der Waals surface area contributed by atoms with Crippen LogP contribution in [0.15, 0.2) is 91.1 Å². The van der Waals surface area contributed by atoms with Crippen molar-refractivity contribution in [3.63, 3.8) is 0 Å². The highest BCUT2D eigenvalue weighted by atomic mass is 16.5. The van der Waals surface area contributed by atoms with E-state index in [-0.39, 0.29) is 5.91 Å². The van der Waals surface area contributed by atoms with Crippen molar-refractivity contribution in [2.75, 3.05) is 19.2 Å². The van der Waals surface area contributed by atoms with Crippen molar-refractivity contribution < 1.29 is 9.53 Å². The highest BCUT2D eigenvalue weighted by Crippen LogP contribution is 2.31. The van der Waals surface area contributed by atoms with Crippen LogP contribution in [0.2, 0.25) is 0 Å². The third kappa shape index (κ3) is 4.59. The van der Waals surface area contributed by atoms with Crippen molar-refractivity contribution >= 4 is 11.6 Å². The number of hydrogen-bond donors (Lipinski definition) is 1. The molecule has 0 aliphatic heterocycles. The Hall–Kier alpha value is -4.06. The monoisotopic (exact) mass is 412 g/mol. The van der Waals surface area contributed by atoms with E-state index in [4.69, 9.17) is 9.84 Å². The van der Waals surface area contributed by atoms with E-state index >= 15 is 0 Å². The van der Waals surface area contributed by atoms with Crippen molar-refractivity contribution in [1.82, 2.24) is 15.2 Å². The summed E-state index contributed by atoms with van der Waals surface area (Å²) in [5.41, 5.74) is 6.74. The number of nitrogens with zero attached hydrogens (tertiary/aromatic N) is 3. The molecule has 1 N–H and O–H groups in total. The number of carbonyl (C=O) groups excluding carboxylic acids is 1. The van der Waals surface area contributed by atoms with Gasteiger partial charge in [0, 0.05) is 18.8 Å². The molecule has 0 radical (unpaired) electrons. The van der Waals surface area contributed by atoms with Gasteiger partial charge in [0.25, 0.3) is 5.91 Å². The van der Waals surface area contributed by atoms with Crippen molar-refractivity contribution in [2.24, 2.45) is 0 Å². The molecule has 4 aromatic rings. The molecule has 0 aliphatic rings. The fourth-order valence-corrected chi connectivity index (χ4v) is 3.41. The van der Waals surface area contributed by atoms with Crippen LogP contribution in [0, 0.1) is 0 Å².